The molecule has 4 N–H and O–H groups in total. The molecule has 5 nitrogen and oxygen atoms in total. The molecule has 1 atom stereocenters. The third-order valence-electron chi connectivity index (χ3n) is 3.18. The molecule has 2 aromatic carbocycles. The SMILES string of the molecule is NC(=O)c1cccc(CNCC(O)COc2ccc(F)cc2)c1. The van der Waals surface area contributed by atoms with E-state index in [1.165, 1.54) is 24.3 Å². The van der Waals surface area contributed by atoms with E-state index in [0.717, 1.165) is 5.56 Å². The van der Waals surface area contributed by atoms with Gasteiger partial charge in [-0.25, -0.2) is 4.39 Å². The van der Waals surface area contributed by atoms with Gasteiger partial charge in [-0.3, -0.25) is 4.79 Å². The molecular formula is C17H19FN2O3. The van der Waals surface area contributed by atoms with Gasteiger partial charge >= 0.3 is 0 Å². The number of rotatable bonds is 8. The summed E-state index contributed by atoms with van der Waals surface area (Å²) in [7, 11) is 0. The van der Waals surface area contributed by atoms with Gasteiger partial charge in [-0.1, -0.05) is 12.1 Å². The van der Waals surface area contributed by atoms with E-state index in [4.69, 9.17) is 10.5 Å². The summed E-state index contributed by atoms with van der Waals surface area (Å²) in [6.07, 6.45) is -0.709. The Bertz CT molecular complexity index is 647. The molecule has 0 aliphatic heterocycles. The number of benzene rings is 2. The number of amides is 1. The van der Waals surface area contributed by atoms with E-state index in [1.54, 1.807) is 18.2 Å². The molecule has 1 amide bonds. The fourth-order valence-electron chi connectivity index (χ4n) is 2.00. The smallest absolute Gasteiger partial charge is 0.248 e. The van der Waals surface area contributed by atoms with Crippen LogP contribution in [0.2, 0.25) is 0 Å². The Morgan fingerprint density at radius 1 is 1.26 bits per heavy atom. The van der Waals surface area contributed by atoms with Crippen molar-refractivity contribution >= 4 is 5.91 Å². The van der Waals surface area contributed by atoms with Gasteiger partial charge in [0, 0.05) is 18.7 Å². The summed E-state index contributed by atoms with van der Waals surface area (Å²) in [6, 6.07) is 12.6. The topological polar surface area (TPSA) is 84.6 Å². The Kier molecular flexibility index (Phi) is 6.08. The predicted octanol–water partition coefficient (Wildman–Crippen LogP) is 1.45. The second-order valence-electron chi connectivity index (χ2n) is 5.11. The molecule has 0 spiro atoms. The fourth-order valence-corrected chi connectivity index (χ4v) is 2.00. The zero-order chi connectivity index (χ0) is 16.7. The highest BCUT2D eigenvalue weighted by Gasteiger charge is 2.06. The molecule has 0 aliphatic carbocycles. The molecular weight excluding hydrogens is 299 g/mol. The number of ether oxygens (including phenoxy) is 1. The standard InChI is InChI=1S/C17H19FN2O3/c18-14-4-6-16(7-5-14)23-11-15(21)10-20-9-12-2-1-3-13(8-12)17(19)22/h1-8,15,20-21H,9-11H2,(H2,19,22). The average Bonchev–Trinajstić information content (AvgIpc) is 2.54. The van der Waals surface area contributed by atoms with Gasteiger partial charge in [0.15, 0.2) is 0 Å². The van der Waals surface area contributed by atoms with E-state index in [-0.39, 0.29) is 12.4 Å². The lowest BCUT2D eigenvalue weighted by Crippen LogP contribution is -2.31. The zero-order valence-corrected chi connectivity index (χ0v) is 12.5. The number of aliphatic hydroxyl groups is 1. The van der Waals surface area contributed by atoms with Crippen molar-refractivity contribution in [1.82, 2.24) is 5.32 Å². The van der Waals surface area contributed by atoms with Crippen molar-refractivity contribution in [1.29, 1.82) is 0 Å². The van der Waals surface area contributed by atoms with Gasteiger partial charge < -0.3 is 20.9 Å². The Hall–Kier alpha value is -2.44. The number of hydrogen-bond acceptors (Lipinski definition) is 4. The Labute approximate surface area is 133 Å². The first-order valence-corrected chi connectivity index (χ1v) is 7.20. The van der Waals surface area contributed by atoms with Crippen LogP contribution in [0.1, 0.15) is 15.9 Å². The van der Waals surface area contributed by atoms with Crippen LogP contribution < -0.4 is 15.8 Å². The van der Waals surface area contributed by atoms with Crippen molar-refractivity contribution in [2.45, 2.75) is 12.6 Å². The molecule has 0 bridgehead atoms. The number of carbonyl (C=O) groups is 1. The van der Waals surface area contributed by atoms with E-state index >= 15 is 0 Å². The third kappa shape index (κ3) is 5.69. The van der Waals surface area contributed by atoms with Gasteiger partial charge in [-0.15, -0.1) is 0 Å². The van der Waals surface area contributed by atoms with Crippen molar-refractivity contribution in [3.05, 3.63) is 65.5 Å². The first-order chi connectivity index (χ1) is 11.0. The molecule has 6 heteroatoms. The third-order valence-corrected chi connectivity index (χ3v) is 3.18. The van der Waals surface area contributed by atoms with Gasteiger partial charge in [0.2, 0.25) is 5.91 Å². The number of halogens is 1. The van der Waals surface area contributed by atoms with Gasteiger partial charge in [-0.2, -0.15) is 0 Å². The first-order valence-electron chi connectivity index (χ1n) is 7.20. The summed E-state index contributed by atoms with van der Waals surface area (Å²) in [5.74, 6) is -0.308. The average molecular weight is 318 g/mol. The van der Waals surface area contributed by atoms with Crippen LogP contribution in [0.3, 0.4) is 0 Å². The van der Waals surface area contributed by atoms with Crippen molar-refractivity contribution in [3.8, 4) is 5.75 Å². The molecule has 2 rings (SSSR count). The number of aliphatic hydroxyl groups excluding tert-OH is 1. The van der Waals surface area contributed by atoms with Crippen LogP contribution in [0, 0.1) is 5.82 Å². The van der Waals surface area contributed by atoms with Crippen LogP contribution >= 0.6 is 0 Å². The highest BCUT2D eigenvalue weighted by Crippen LogP contribution is 2.11. The zero-order valence-electron chi connectivity index (χ0n) is 12.5. The molecule has 122 valence electrons. The summed E-state index contributed by atoms with van der Waals surface area (Å²) in [6.45, 7) is 0.913. The Morgan fingerprint density at radius 3 is 2.70 bits per heavy atom. The Morgan fingerprint density at radius 2 is 2.00 bits per heavy atom. The molecule has 0 saturated carbocycles. The minimum absolute atomic E-state index is 0.0972. The summed E-state index contributed by atoms with van der Waals surface area (Å²) in [5, 5.41) is 12.9. The predicted molar refractivity (Wildman–Crippen MR) is 84.6 cm³/mol. The molecule has 0 aliphatic rings. The maximum Gasteiger partial charge on any atom is 0.248 e. The lowest BCUT2D eigenvalue weighted by atomic mass is 10.1. The van der Waals surface area contributed by atoms with Crippen LogP contribution in [0.4, 0.5) is 4.39 Å². The molecule has 23 heavy (non-hydrogen) atoms. The minimum Gasteiger partial charge on any atom is -0.491 e. The summed E-state index contributed by atoms with van der Waals surface area (Å²) >= 11 is 0. The number of nitrogens with two attached hydrogens (primary N) is 1. The maximum atomic E-state index is 12.7. The van der Waals surface area contributed by atoms with Crippen molar-refractivity contribution in [3.63, 3.8) is 0 Å². The molecule has 1 unspecified atom stereocenters. The van der Waals surface area contributed by atoms with Crippen LogP contribution in [-0.4, -0.2) is 30.3 Å². The second-order valence-corrected chi connectivity index (χ2v) is 5.11. The Balaban J connectivity index is 1.72. The molecule has 0 fully saturated rings. The number of primary amides is 1. The number of hydrogen-bond donors (Lipinski definition) is 3. The van der Waals surface area contributed by atoms with E-state index in [1.807, 2.05) is 6.07 Å². The molecule has 0 aromatic heterocycles. The highest BCUT2D eigenvalue weighted by molar-refractivity contribution is 5.92. The van der Waals surface area contributed by atoms with Crippen molar-refractivity contribution in [2.75, 3.05) is 13.2 Å². The first kappa shape index (κ1) is 16.9. The normalized spacial score (nSPS) is 11.9. The molecule has 0 radical (unpaired) electrons. The minimum atomic E-state index is -0.709. The quantitative estimate of drug-likeness (QED) is 0.688. The summed E-state index contributed by atoms with van der Waals surface area (Å²) < 4.78 is 18.1. The fraction of sp³-hybridized carbons (Fsp3) is 0.235. The van der Waals surface area contributed by atoms with Crippen molar-refractivity contribution in [2.24, 2.45) is 5.73 Å². The van der Waals surface area contributed by atoms with Crippen LogP contribution in [0.5, 0.6) is 5.75 Å². The maximum absolute atomic E-state index is 12.7. The van der Waals surface area contributed by atoms with Crippen LogP contribution in [-0.2, 0) is 6.54 Å². The van der Waals surface area contributed by atoms with E-state index in [9.17, 15) is 14.3 Å². The van der Waals surface area contributed by atoms with Gasteiger partial charge in [0.05, 0.1) is 0 Å². The molecule has 2 aromatic rings. The van der Waals surface area contributed by atoms with E-state index in [0.29, 0.717) is 24.4 Å². The number of carbonyl (C=O) groups excluding carboxylic acids is 1. The monoisotopic (exact) mass is 318 g/mol. The molecule has 0 saturated heterocycles. The van der Waals surface area contributed by atoms with Crippen LogP contribution in [0.15, 0.2) is 48.5 Å². The highest BCUT2D eigenvalue weighted by atomic mass is 19.1. The molecule has 0 heterocycles. The lowest BCUT2D eigenvalue weighted by molar-refractivity contribution is 0.0999. The second kappa shape index (κ2) is 8.26. The van der Waals surface area contributed by atoms with Gasteiger partial charge in [0.1, 0.15) is 24.3 Å². The van der Waals surface area contributed by atoms with E-state index in [2.05, 4.69) is 5.32 Å². The van der Waals surface area contributed by atoms with Gasteiger partial charge in [0.25, 0.3) is 0 Å². The van der Waals surface area contributed by atoms with E-state index < -0.39 is 12.0 Å². The number of nitrogens with one attached hydrogen (secondary N) is 1. The van der Waals surface area contributed by atoms with Crippen molar-refractivity contribution < 1.29 is 19.0 Å². The van der Waals surface area contributed by atoms with Gasteiger partial charge in [-0.05, 0) is 42.0 Å². The lowest BCUT2D eigenvalue weighted by Gasteiger charge is -2.13. The van der Waals surface area contributed by atoms with Crippen LogP contribution in [0.25, 0.3) is 0 Å². The largest absolute Gasteiger partial charge is 0.491 e. The summed E-state index contributed by atoms with van der Waals surface area (Å²) in [5.41, 5.74) is 6.57. The summed E-state index contributed by atoms with van der Waals surface area (Å²) in [4.78, 5) is 11.1.